The first-order valence-corrected chi connectivity index (χ1v) is 15.1. The molecule has 0 saturated carbocycles. The van der Waals surface area contributed by atoms with Gasteiger partial charge in [0.25, 0.3) is 0 Å². The van der Waals surface area contributed by atoms with E-state index in [0.717, 1.165) is 6.61 Å². The second kappa shape index (κ2) is 12.7. The van der Waals surface area contributed by atoms with Crippen molar-refractivity contribution in [2.24, 2.45) is 0 Å². The van der Waals surface area contributed by atoms with Crippen LogP contribution in [0.25, 0.3) is 0 Å². The van der Waals surface area contributed by atoms with Gasteiger partial charge in [0.1, 0.15) is 8.24 Å². The minimum Gasteiger partial charge on any atom is -0.417 e. The first kappa shape index (κ1) is 22.4. The molecule has 0 saturated heterocycles. The van der Waals surface area contributed by atoms with Crippen molar-refractivity contribution in [3.05, 3.63) is 0 Å². The summed E-state index contributed by atoms with van der Waals surface area (Å²) >= 11 is 0. The third-order valence-electron chi connectivity index (χ3n) is 5.94. The van der Waals surface area contributed by atoms with Gasteiger partial charge in [-0.3, -0.25) is 0 Å². The van der Waals surface area contributed by atoms with E-state index < -0.39 is 16.6 Å². The Morgan fingerprint density at radius 2 is 1.14 bits per heavy atom. The standard InChI is InChI=1S/C18H43NOSi2/c1-7-21(8-2,9-3)19-17-15-13-14-16-18-20-22(10-4,11-5)12-6/h19H,7-18H2,1-6H3. The van der Waals surface area contributed by atoms with E-state index in [1.165, 1.54) is 68.5 Å². The summed E-state index contributed by atoms with van der Waals surface area (Å²) in [7, 11) is -2.44. The molecule has 0 aromatic carbocycles. The topological polar surface area (TPSA) is 21.3 Å². The van der Waals surface area contributed by atoms with Crippen molar-refractivity contribution < 1.29 is 4.43 Å². The fraction of sp³-hybridized carbons (Fsp3) is 1.00. The largest absolute Gasteiger partial charge is 0.417 e. The summed E-state index contributed by atoms with van der Waals surface area (Å²) in [5.41, 5.74) is 0. The number of hydrogen-bond donors (Lipinski definition) is 1. The molecule has 0 amide bonds. The Labute approximate surface area is 143 Å². The van der Waals surface area contributed by atoms with Crippen LogP contribution in [0.4, 0.5) is 0 Å². The molecule has 0 unspecified atom stereocenters. The maximum absolute atomic E-state index is 6.32. The molecule has 22 heavy (non-hydrogen) atoms. The molecule has 1 N–H and O–H groups in total. The zero-order chi connectivity index (χ0) is 16.9. The Morgan fingerprint density at radius 1 is 0.636 bits per heavy atom. The summed E-state index contributed by atoms with van der Waals surface area (Å²) in [5.74, 6) is 0. The van der Waals surface area contributed by atoms with Crippen molar-refractivity contribution in [2.45, 2.75) is 103 Å². The summed E-state index contributed by atoms with van der Waals surface area (Å²) in [5, 5.41) is 0. The lowest BCUT2D eigenvalue weighted by Crippen LogP contribution is -2.49. The highest BCUT2D eigenvalue weighted by Gasteiger charge is 2.28. The maximum Gasteiger partial charge on any atom is 0.191 e. The monoisotopic (exact) mass is 345 g/mol. The van der Waals surface area contributed by atoms with Gasteiger partial charge in [-0.1, -0.05) is 54.4 Å². The molecular weight excluding hydrogens is 302 g/mol. The Hall–Kier alpha value is 0.354. The molecule has 0 aliphatic heterocycles. The van der Waals surface area contributed by atoms with Crippen LogP contribution < -0.4 is 4.98 Å². The van der Waals surface area contributed by atoms with Crippen LogP contribution in [-0.4, -0.2) is 29.7 Å². The smallest absolute Gasteiger partial charge is 0.191 e. The lowest BCUT2D eigenvalue weighted by molar-refractivity contribution is 0.287. The van der Waals surface area contributed by atoms with E-state index in [9.17, 15) is 0 Å². The Kier molecular flexibility index (Phi) is 12.9. The van der Waals surface area contributed by atoms with E-state index >= 15 is 0 Å². The fourth-order valence-corrected chi connectivity index (χ4v) is 9.05. The lowest BCUT2D eigenvalue weighted by Gasteiger charge is -2.29. The molecule has 0 rings (SSSR count). The van der Waals surface area contributed by atoms with Crippen molar-refractivity contribution in [3.63, 3.8) is 0 Å². The summed E-state index contributed by atoms with van der Waals surface area (Å²) in [6, 6.07) is 7.98. The summed E-state index contributed by atoms with van der Waals surface area (Å²) in [6.07, 6.45) is 5.29. The molecule has 0 aliphatic rings. The number of nitrogens with one attached hydrogen (secondary N) is 1. The van der Waals surface area contributed by atoms with Gasteiger partial charge in [-0.25, -0.2) is 0 Å². The molecule has 0 spiro atoms. The van der Waals surface area contributed by atoms with Gasteiger partial charge in [0.15, 0.2) is 8.32 Å². The first-order valence-electron chi connectivity index (χ1n) is 9.96. The third-order valence-corrected chi connectivity index (χ3v) is 15.7. The fourth-order valence-electron chi connectivity index (χ4n) is 3.40. The van der Waals surface area contributed by atoms with E-state index in [1.807, 2.05) is 0 Å². The van der Waals surface area contributed by atoms with Crippen molar-refractivity contribution in [2.75, 3.05) is 13.2 Å². The van der Waals surface area contributed by atoms with E-state index in [1.54, 1.807) is 0 Å². The van der Waals surface area contributed by atoms with Crippen LogP contribution in [0.5, 0.6) is 0 Å². The average molecular weight is 346 g/mol. The molecular formula is C18H43NOSi2. The summed E-state index contributed by atoms with van der Waals surface area (Å²) in [6.45, 7) is 16.3. The first-order chi connectivity index (χ1) is 10.6. The minimum absolute atomic E-state index is 1.01. The molecule has 0 heterocycles. The molecule has 134 valence electrons. The summed E-state index contributed by atoms with van der Waals surface area (Å²) in [4.78, 5) is 3.94. The van der Waals surface area contributed by atoms with Gasteiger partial charge in [0.05, 0.1) is 0 Å². The Bertz CT molecular complexity index is 211. The van der Waals surface area contributed by atoms with Gasteiger partial charge < -0.3 is 9.41 Å². The van der Waals surface area contributed by atoms with Crippen LogP contribution in [0.15, 0.2) is 0 Å². The predicted octanol–water partition coefficient (Wildman–Crippen LogP) is 6.16. The van der Waals surface area contributed by atoms with Gasteiger partial charge in [0, 0.05) is 6.61 Å². The van der Waals surface area contributed by atoms with Crippen LogP contribution in [-0.2, 0) is 4.43 Å². The SMILES string of the molecule is CC[Si](CC)(CC)NCCCCCCO[Si](CC)(CC)CC. The van der Waals surface area contributed by atoms with Gasteiger partial charge in [-0.05, 0) is 55.7 Å². The number of unbranched alkanes of at least 4 members (excludes halogenated alkanes) is 3. The molecule has 2 nitrogen and oxygen atoms in total. The minimum atomic E-state index is -1.34. The third kappa shape index (κ3) is 7.76. The van der Waals surface area contributed by atoms with Crippen molar-refractivity contribution in [1.29, 1.82) is 0 Å². The summed E-state index contributed by atoms with van der Waals surface area (Å²) < 4.78 is 6.32. The number of hydrogen-bond acceptors (Lipinski definition) is 2. The van der Waals surface area contributed by atoms with Crippen LogP contribution in [0, 0.1) is 0 Å². The molecule has 0 atom stereocenters. The van der Waals surface area contributed by atoms with Gasteiger partial charge in [-0.2, -0.15) is 0 Å². The van der Waals surface area contributed by atoms with Crippen LogP contribution in [0.1, 0.15) is 67.2 Å². The molecule has 4 heteroatoms. The van der Waals surface area contributed by atoms with Crippen molar-refractivity contribution in [1.82, 2.24) is 4.98 Å². The van der Waals surface area contributed by atoms with Gasteiger partial charge in [-0.15, -0.1) is 0 Å². The molecule has 0 aliphatic carbocycles. The highest BCUT2D eigenvalue weighted by atomic mass is 28.4. The van der Waals surface area contributed by atoms with Gasteiger partial charge >= 0.3 is 0 Å². The second-order valence-electron chi connectivity index (χ2n) is 6.77. The normalized spacial score (nSPS) is 12.8. The predicted molar refractivity (Wildman–Crippen MR) is 107 cm³/mol. The van der Waals surface area contributed by atoms with E-state index in [4.69, 9.17) is 4.43 Å². The molecule has 0 radical (unpaired) electrons. The highest BCUT2D eigenvalue weighted by molar-refractivity contribution is 6.77. The molecule has 0 fully saturated rings. The van der Waals surface area contributed by atoms with Gasteiger partial charge in [0.2, 0.25) is 0 Å². The maximum atomic E-state index is 6.32. The molecule has 0 aromatic heterocycles. The number of rotatable bonds is 15. The second-order valence-corrected chi connectivity index (χ2v) is 16.6. The lowest BCUT2D eigenvalue weighted by atomic mass is 10.2. The highest BCUT2D eigenvalue weighted by Crippen LogP contribution is 2.22. The zero-order valence-electron chi connectivity index (χ0n) is 16.4. The Balaban J connectivity index is 3.70. The van der Waals surface area contributed by atoms with E-state index in [-0.39, 0.29) is 0 Å². The van der Waals surface area contributed by atoms with E-state index in [2.05, 4.69) is 46.5 Å². The molecule has 0 aromatic rings. The van der Waals surface area contributed by atoms with E-state index in [0.29, 0.717) is 0 Å². The quantitative estimate of drug-likeness (QED) is 0.283. The van der Waals surface area contributed by atoms with Crippen molar-refractivity contribution >= 4 is 16.6 Å². The Morgan fingerprint density at radius 3 is 1.59 bits per heavy atom. The van der Waals surface area contributed by atoms with Crippen LogP contribution in [0.2, 0.25) is 36.3 Å². The van der Waals surface area contributed by atoms with Crippen LogP contribution >= 0.6 is 0 Å². The zero-order valence-corrected chi connectivity index (χ0v) is 18.4. The average Bonchev–Trinajstić information content (AvgIpc) is 2.58. The van der Waals surface area contributed by atoms with Crippen molar-refractivity contribution in [3.8, 4) is 0 Å². The molecule has 0 bridgehead atoms. The van der Waals surface area contributed by atoms with Crippen LogP contribution in [0.3, 0.4) is 0 Å².